The summed E-state index contributed by atoms with van der Waals surface area (Å²) in [4.78, 5) is 10.5. The Morgan fingerprint density at radius 2 is 1.59 bits per heavy atom. The summed E-state index contributed by atoms with van der Waals surface area (Å²) in [7, 11) is 0. The summed E-state index contributed by atoms with van der Waals surface area (Å²) in [5.41, 5.74) is 3.02. The van der Waals surface area contributed by atoms with Crippen molar-refractivity contribution in [2.45, 2.75) is 0 Å². The summed E-state index contributed by atoms with van der Waals surface area (Å²) in [6.45, 7) is 0. The molecule has 2 aromatic rings. The van der Waals surface area contributed by atoms with Gasteiger partial charge in [-0.3, -0.25) is 0 Å². The number of hydrogen-bond acceptors (Lipinski definition) is 1. The Hall–Kier alpha value is -2.35. The molecule has 0 heterocycles. The lowest BCUT2D eigenvalue weighted by atomic mass is 9.99. The molecule has 0 atom stereocenters. The van der Waals surface area contributed by atoms with Crippen LogP contribution < -0.4 is 0 Å². The van der Waals surface area contributed by atoms with Gasteiger partial charge in [0, 0.05) is 6.08 Å². The Kier molecular flexibility index (Phi) is 3.36. The van der Waals surface area contributed by atoms with Crippen molar-refractivity contribution in [1.82, 2.24) is 0 Å². The van der Waals surface area contributed by atoms with E-state index < -0.39 is 5.97 Å². The second kappa shape index (κ2) is 5.12. The highest BCUT2D eigenvalue weighted by atomic mass is 16.4. The number of carboxylic acids is 1. The summed E-state index contributed by atoms with van der Waals surface area (Å²) in [6.07, 6.45) is 2.77. The quantitative estimate of drug-likeness (QED) is 0.811. The topological polar surface area (TPSA) is 37.3 Å². The van der Waals surface area contributed by atoms with Crippen LogP contribution in [0.4, 0.5) is 0 Å². The highest BCUT2D eigenvalue weighted by Crippen LogP contribution is 2.24. The number of hydrogen-bond donors (Lipinski definition) is 1. The van der Waals surface area contributed by atoms with Gasteiger partial charge in [-0.05, 0) is 22.8 Å². The molecule has 2 heteroatoms. The van der Waals surface area contributed by atoms with E-state index in [2.05, 4.69) is 0 Å². The molecule has 0 saturated carbocycles. The molecule has 0 spiro atoms. The van der Waals surface area contributed by atoms with Crippen LogP contribution in [0.15, 0.2) is 60.7 Å². The zero-order valence-corrected chi connectivity index (χ0v) is 9.21. The predicted molar refractivity (Wildman–Crippen MR) is 68.5 cm³/mol. The van der Waals surface area contributed by atoms with Crippen LogP contribution in [-0.4, -0.2) is 11.1 Å². The molecule has 0 aliphatic heterocycles. The summed E-state index contributed by atoms with van der Waals surface area (Å²) >= 11 is 0. The van der Waals surface area contributed by atoms with Crippen LogP contribution in [0.1, 0.15) is 5.56 Å². The molecule has 0 bridgehead atoms. The van der Waals surface area contributed by atoms with E-state index in [1.54, 1.807) is 6.08 Å². The Bertz CT molecular complexity index is 542. The maximum Gasteiger partial charge on any atom is 0.328 e. The van der Waals surface area contributed by atoms with Gasteiger partial charge in [0.05, 0.1) is 0 Å². The first-order chi connectivity index (χ1) is 8.27. The summed E-state index contributed by atoms with van der Waals surface area (Å²) < 4.78 is 0. The minimum absolute atomic E-state index is 0.904. The molecule has 0 aliphatic carbocycles. The molecule has 2 rings (SSSR count). The lowest BCUT2D eigenvalue weighted by Crippen LogP contribution is -1.87. The van der Waals surface area contributed by atoms with Crippen molar-refractivity contribution in [2.75, 3.05) is 0 Å². The Morgan fingerprint density at radius 1 is 0.941 bits per heavy atom. The molecule has 0 aliphatic rings. The van der Waals surface area contributed by atoms with E-state index in [0.717, 1.165) is 22.8 Å². The molecule has 84 valence electrons. The highest BCUT2D eigenvalue weighted by molar-refractivity contribution is 5.87. The van der Waals surface area contributed by atoms with Crippen molar-refractivity contribution >= 4 is 12.0 Å². The zero-order valence-electron chi connectivity index (χ0n) is 9.21. The average molecular weight is 224 g/mol. The smallest absolute Gasteiger partial charge is 0.328 e. The summed E-state index contributed by atoms with van der Waals surface area (Å²) in [5, 5.41) is 8.65. The monoisotopic (exact) mass is 224 g/mol. The first-order valence-corrected chi connectivity index (χ1v) is 5.33. The number of aliphatic carboxylic acids is 1. The van der Waals surface area contributed by atoms with E-state index >= 15 is 0 Å². The molecule has 2 aromatic carbocycles. The summed E-state index contributed by atoms with van der Waals surface area (Å²) in [6, 6.07) is 17.6. The van der Waals surface area contributed by atoms with Gasteiger partial charge in [-0.1, -0.05) is 54.6 Å². The first-order valence-electron chi connectivity index (χ1n) is 5.33. The predicted octanol–water partition coefficient (Wildman–Crippen LogP) is 3.45. The number of rotatable bonds is 3. The molecule has 0 fully saturated rings. The number of carboxylic acid groups (broad SMARTS) is 1. The van der Waals surface area contributed by atoms with E-state index in [4.69, 9.17) is 5.11 Å². The maximum absolute atomic E-state index is 10.5. The minimum Gasteiger partial charge on any atom is -0.478 e. The van der Waals surface area contributed by atoms with Crippen molar-refractivity contribution in [1.29, 1.82) is 0 Å². The third-order valence-corrected chi connectivity index (χ3v) is 2.45. The van der Waals surface area contributed by atoms with Crippen LogP contribution >= 0.6 is 0 Å². The Morgan fingerprint density at radius 3 is 2.29 bits per heavy atom. The second-order valence-corrected chi connectivity index (χ2v) is 3.62. The molecular weight excluding hydrogens is 212 g/mol. The number of benzene rings is 2. The average Bonchev–Trinajstić information content (AvgIpc) is 2.38. The minimum atomic E-state index is -0.937. The molecule has 0 radical (unpaired) electrons. The normalized spacial score (nSPS) is 10.6. The van der Waals surface area contributed by atoms with Gasteiger partial charge in [0.2, 0.25) is 0 Å². The highest BCUT2D eigenvalue weighted by Gasteiger charge is 2.01. The third-order valence-electron chi connectivity index (χ3n) is 2.45. The van der Waals surface area contributed by atoms with Crippen LogP contribution in [-0.2, 0) is 4.79 Å². The van der Waals surface area contributed by atoms with Gasteiger partial charge in [-0.25, -0.2) is 4.79 Å². The maximum atomic E-state index is 10.5. The molecule has 0 unspecified atom stereocenters. The summed E-state index contributed by atoms with van der Waals surface area (Å²) in [5.74, 6) is -0.937. The standard InChI is InChI=1S/C15H12O2/c16-15(17)11-10-13-8-4-5-9-14(13)12-6-2-1-3-7-12/h1-11H,(H,16,17)/b11-10-. The van der Waals surface area contributed by atoms with Crippen molar-refractivity contribution in [2.24, 2.45) is 0 Å². The van der Waals surface area contributed by atoms with E-state index in [0.29, 0.717) is 0 Å². The fourth-order valence-corrected chi connectivity index (χ4v) is 1.68. The van der Waals surface area contributed by atoms with Crippen molar-refractivity contribution in [3.63, 3.8) is 0 Å². The van der Waals surface area contributed by atoms with Crippen LogP contribution in [0.2, 0.25) is 0 Å². The lowest BCUT2D eigenvalue weighted by Gasteiger charge is -2.05. The molecule has 17 heavy (non-hydrogen) atoms. The van der Waals surface area contributed by atoms with Gasteiger partial charge >= 0.3 is 5.97 Å². The molecular formula is C15H12O2. The van der Waals surface area contributed by atoms with E-state index in [-0.39, 0.29) is 0 Å². The van der Waals surface area contributed by atoms with Crippen LogP contribution in [0, 0.1) is 0 Å². The Labute approximate surface area is 99.8 Å². The van der Waals surface area contributed by atoms with Gasteiger partial charge in [-0.2, -0.15) is 0 Å². The largest absolute Gasteiger partial charge is 0.478 e. The molecule has 0 saturated heterocycles. The van der Waals surface area contributed by atoms with Gasteiger partial charge in [0.1, 0.15) is 0 Å². The fourth-order valence-electron chi connectivity index (χ4n) is 1.68. The van der Waals surface area contributed by atoms with Crippen molar-refractivity contribution in [3.8, 4) is 11.1 Å². The lowest BCUT2D eigenvalue weighted by molar-refractivity contribution is -0.131. The van der Waals surface area contributed by atoms with Gasteiger partial charge < -0.3 is 5.11 Å². The van der Waals surface area contributed by atoms with E-state index in [1.165, 1.54) is 0 Å². The SMILES string of the molecule is O=C(O)/C=C\c1ccccc1-c1ccccc1. The van der Waals surface area contributed by atoms with Gasteiger partial charge in [0.15, 0.2) is 0 Å². The molecule has 1 N–H and O–H groups in total. The van der Waals surface area contributed by atoms with Crippen LogP contribution in [0.5, 0.6) is 0 Å². The van der Waals surface area contributed by atoms with Crippen LogP contribution in [0.25, 0.3) is 17.2 Å². The van der Waals surface area contributed by atoms with Crippen molar-refractivity contribution < 1.29 is 9.90 Å². The van der Waals surface area contributed by atoms with E-state index in [9.17, 15) is 4.79 Å². The van der Waals surface area contributed by atoms with E-state index in [1.807, 2.05) is 54.6 Å². The van der Waals surface area contributed by atoms with Crippen LogP contribution in [0.3, 0.4) is 0 Å². The molecule has 0 amide bonds. The van der Waals surface area contributed by atoms with Gasteiger partial charge in [-0.15, -0.1) is 0 Å². The fraction of sp³-hybridized carbons (Fsp3) is 0. The zero-order chi connectivity index (χ0) is 12.1. The second-order valence-electron chi connectivity index (χ2n) is 3.62. The van der Waals surface area contributed by atoms with Gasteiger partial charge in [0.25, 0.3) is 0 Å². The molecule has 2 nitrogen and oxygen atoms in total. The first kappa shape index (κ1) is 11.1. The Balaban J connectivity index is 2.45. The number of carbonyl (C=O) groups is 1. The third kappa shape index (κ3) is 2.82. The molecule has 0 aromatic heterocycles. The van der Waals surface area contributed by atoms with Crippen molar-refractivity contribution in [3.05, 3.63) is 66.2 Å².